The first-order valence-electron chi connectivity index (χ1n) is 6.76. The molecule has 6 heteroatoms. The van der Waals surface area contributed by atoms with E-state index >= 15 is 0 Å². The number of aromatic nitrogens is 2. The van der Waals surface area contributed by atoms with Crippen LogP contribution in [0.5, 0.6) is 0 Å². The van der Waals surface area contributed by atoms with E-state index in [-0.39, 0.29) is 17.8 Å². The third-order valence-corrected chi connectivity index (χ3v) is 3.51. The standard InChI is InChI=1S/C16H13N3O3/c1-11-17-15-8-3-2-7-14(15)16(20)18(11)10-12-5-4-6-13(9-12)19(21)22/h2-9H,10H2,1H3. The first kappa shape index (κ1) is 13.9. The summed E-state index contributed by atoms with van der Waals surface area (Å²) < 4.78 is 1.53. The van der Waals surface area contributed by atoms with E-state index in [1.54, 1.807) is 37.3 Å². The zero-order chi connectivity index (χ0) is 15.7. The molecule has 1 heterocycles. The molecule has 0 spiro atoms. The van der Waals surface area contributed by atoms with Crippen LogP contribution in [0.3, 0.4) is 0 Å². The van der Waals surface area contributed by atoms with Crippen molar-refractivity contribution in [2.24, 2.45) is 0 Å². The molecule has 0 aliphatic rings. The summed E-state index contributed by atoms with van der Waals surface area (Å²) in [6, 6.07) is 13.4. The van der Waals surface area contributed by atoms with Gasteiger partial charge in [-0.3, -0.25) is 19.5 Å². The number of para-hydroxylation sites is 1. The molecule has 0 atom stereocenters. The lowest BCUT2D eigenvalue weighted by Crippen LogP contribution is -2.24. The van der Waals surface area contributed by atoms with Gasteiger partial charge in [-0.25, -0.2) is 4.98 Å². The van der Waals surface area contributed by atoms with Gasteiger partial charge in [0.2, 0.25) is 0 Å². The van der Waals surface area contributed by atoms with Gasteiger partial charge in [0.1, 0.15) is 5.82 Å². The fraction of sp³-hybridized carbons (Fsp3) is 0.125. The monoisotopic (exact) mass is 295 g/mol. The van der Waals surface area contributed by atoms with Crippen molar-refractivity contribution in [1.29, 1.82) is 0 Å². The van der Waals surface area contributed by atoms with E-state index in [4.69, 9.17) is 0 Å². The molecule has 1 aromatic heterocycles. The SMILES string of the molecule is Cc1nc2ccccc2c(=O)n1Cc1cccc([N+](=O)[O-])c1. The average Bonchev–Trinajstić information content (AvgIpc) is 2.52. The minimum Gasteiger partial charge on any atom is -0.292 e. The molecule has 6 nitrogen and oxygen atoms in total. The summed E-state index contributed by atoms with van der Waals surface area (Å²) in [5, 5.41) is 11.4. The van der Waals surface area contributed by atoms with E-state index in [0.29, 0.717) is 22.3 Å². The average molecular weight is 295 g/mol. The number of benzene rings is 2. The number of aryl methyl sites for hydroxylation is 1. The van der Waals surface area contributed by atoms with Crippen LogP contribution >= 0.6 is 0 Å². The summed E-state index contributed by atoms with van der Waals surface area (Å²) in [4.78, 5) is 27.4. The van der Waals surface area contributed by atoms with Gasteiger partial charge < -0.3 is 0 Å². The van der Waals surface area contributed by atoms with E-state index in [1.165, 1.54) is 16.7 Å². The Balaban J connectivity index is 2.09. The van der Waals surface area contributed by atoms with Crippen molar-refractivity contribution in [2.45, 2.75) is 13.5 Å². The second-order valence-electron chi connectivity index (χ2n) is 4.99. The maximum Gasteiger partial charge on any atom is 0.269 e. The van der Waals surface area contributed by atoms with Crippen LogP contribution < -0.4 is 5.56 Å². The quantitative estimate of drug-likeness (QED) is 0.549. The highest BCUT2D eigenvalue weighted by atomic mass is 16.6. The Kier molecular flexibility index (Phi) is 3.42. The molecule has 0 unspecified atom stereocenters. The maximum absolute atomic E-state index is 12.6. The lowest BCUT2D eigenvalue weighted by atomic mass is 10.2. The number of fused-ring (bicyclic) bond motifs is 1. The van der Waals surface area contributed by atoms with Gasteiger partial charge >= 0.3 is 0 Å². The molecular formula is C16H13N3O3. The van der Waals surface area contributed by atoms with Crippen molar-refractivity contribution in [1.82, 2.24) is 9.55 Å². The summed E-state index contributed by atoms with van der Waals surface area (Å²) in [6.07, 6.45) is 0. The lowest BCUT2D eigenvalue weighted by Gasteiger charge is -2.10. The molecule has 0 N–H and O–H groups in total. The van der Waals surface area contributed by atoms with Crippen LogP contribution in [0.15, 0.2) is 53.3 Å². The Labute approximate surface area is 125 Å². The molecule has 0 saturated carbocycles. The normalized spacial score (nSPS) is 10.8. The van der Waals surface area contributed by atoms with Gasteiger partial charge in [-0.05, 0) is 24.6 Å². The largest absolute Gasteiger partial charge is 0.292 e. The topological polar surface area (TPSA) is 78.0 Å². The molecular weight excluding hydrogens is 282 g/mol. The second kappa shape index (κ2) is 5.40. The fourth-order valence-corrected chi connectivity index (χ4v) is 2.42. The molecule has 110 valence electrons. The Bertz CT molecular complexity index is 931. The van der Waals surface area contributed by atoms with Crippen molar-refractivity contribution >= 4 is 16.6 Å². The van der Waals surface area contributed by atoms with Crippen molar-refractivity contribution in [3.63, 3.8) is 0 Å². The van der Waals surface area contributed by atoms with Crippen molar-refractivity contribution < 1.29 is 4.92 Å². The third kappa shape index (κ3) is 2.46. The first-order valence-corrected chi connectivity index (χ1v) is 6.76. The summed E-state index contributed by atoms with van der Waals surface area (Å²) in [7, 11) is 0. The Hall–Kier alpha value is -3.02. The van der Waals surface area contributed by atoms with Crippen LogP contribution in [0.25, 0.3) is 10.9 Å². The Morgan fingerprint density at radius 1 is 1.18 bits per heavy atom. The van der Waals surface area contributed by atoms with Crippen molar-refractivity contribution in [2.75, 3.05) is 0 Å². The molecule has 0 saturated heterocycles. The highest BCUT2D eigenvalue weighted by molar-refractivity contribution is 5.77. The van der Waals surface area contributed by atoms with Gasteiger partial charge in [0.05, 0.1) is 22.4 Å². The summed E-state index contributed by atoms with van der Waals surface area (Å²) >= 11 is 0. The number of hydrogen-bond acceptors (Lipinski definition) is 4. The number of nitro benzene ring substituents is 1. The zero-order valence-corrected chi connectivity index (χ0v) is 11.9. The van der Waals surface area contributed by atoms with Gasteiger partial charge in [0, 0.05) is 12.1 Å². The highest BCUT2D eigenvalue weighted by Gasteiger charge is 2.10. The summed E-state index contributed by atoms with van der Waals surface area (Å²) in [6.45, 7) is 2.01. The predicted molar refractivity (Wildman–Crippen MR) is 82.9 cm³/mol. The third-order valence-electron chi connectivity index (χ3n) is 3.51. The lowest BCUT2D eigenvalue weighted by molar-refractivity contribution is -0.384. The van der Waals surface area contributed by atoms with Crippen LogP contribution in [-0.2, 0) is 6.54 Å². The molecule has 0 bridgehead atoms. The van der Waals surface area contributed by atoms with E-state index < -0.39 is 4.92 Å². The van der Waals surface area contributed by atoms with E-state index in [1.807, 2.05) is 6.07 Å². The molecule has 0 amide bonds. The van der Waals surface area contributed by atoms with Crippen molar-refractivity contribution in [3.8, 4) is 0 Å². The molecule has 0 aliphatic carbocycles. The van der Waals surface area contributed by atoms with Gasteiger partial charge in [-0.1, -0.05) is 24.3 Å². The Morgan fingerprint density at radius 3 is 2.73 bits per heavy atom. The highest BCUT2D eigenvalue weighted by Crippen LogP contribution is 2.15. The number of non-ortho nitro benzene ring substituents is 1. The van der Waals surface area contributed by atoms with Crippen LogP contribution in [0.2, 0.25) is 0 Å². The van der Waals surface area contributed by atoms with E-state index in [9.17, 15) is 14.9 Å². The molecule has 3 rings (SSSR count). The minimum absolute atomic E-state index is 0.0111. The molecule has 22 heavy (non-hydrogen) atoms. The molecule has 0 radical (unpaired) electrons. The number of rotatable bonds is 3. The van der Waals surface area contributed by atoms with Crippen LogP contribution in [0.1, 0.15) is 11.4 Å². The van der Waals surface area contributed by atoms with Gasteiger partial charge in [0.15, 0.2) is 0 Å². The smallest absolute Gasteiger partial charge is 0.269 e. The van der Waals surface area contributed by atoms with Gasteiger partial charge in [0.25, 0.3) is 11.2 Å². The molecule has 0 fully saturated rings. The van der Waals surface area contributed by atoms with Crippen LogP contribution in [0, 0.1) is 17.0 Å². The van der Waals surface area contributed by atoms with E-state index in [0.717, 1.165) is 0 Å². The molecule has 2 aromatic carbocycles. The van der Waals surface area contributed by atoms with Gasteiger partial charge in [-0.2, -0.15) is 0 Å². The number of hydrogen-bond donors (Lipinski definition) is 0. The van der Waals surface area contributed by atoms with Crippen molar-refractivity contribution in [3.05, 3.63) is 80.4 Å². The Morgan fingerprint density at radius 2 is 1.95 bits per heavy atom. The van der Waals surface area contributed by atoms with Crippen LogP contribution in [0.4, 0.5) is 5.69 Å². The predicted octanol–water partition coefficient (Wildman–Crippen LogP) is 2.66. The van der Waals surface area contributed by atoms with Crippen LogP contribution in [-0.4, -0.2) is 14.5 Å². The summed E-state index contributed by atoms with van der Waals surface area (Å²) in [5.74, 6) is 0.579. The minimum atomic E-state index is -0.447. The maximum atomic E-state index is 12.6. The molecule has 3 aromatic rings. The fourth-order valence-electron chi connectivity index (χ4n) is 2.42. The zero-order valence-electron chi connectivity index (χ0n) is 11.9. The second-order valence-corrected chi connectivity index (χ2v) is 4.99. The van der Waals surface area contributed by atoms with E-state index in [2.05, 4.69) is 4.98 Å². The number of nitrogens with zero attached hydrogens (tertiary/aromatic N) is 3. The first-order chi connectivity index (χ1) is 10.6. The molecule has 0 aliphatic heterocycles. The number of nitro groups is 1. The summed E-state index contributed by atoms with van der Waals surface area (Å²) in [5.41, 5.74) is 1.21. The van der Waals surface area contributed by atoms with Gasteiger partial charge in [-0.15, -0.1) is 0 Å².